The maximum Gasteiger partial charge on any atom is 0.243 e. The van der Waals surface area contributed by atoms with Gasteiger partial charge in [0.1, 0.15) is 0 Å². The molecule has 0 fully saturated rings. The van der Waals surface area contributed by atoms with Crippen LogP contribution in [0.1, 0.15) is 33.4 Å². The number of para-hydroxylation sites is 1. The Kier molecular flexibility index (Phi) is 6.71. The highest BCUT2D eigenvalue weighted by molar-refractivity contribution is 6.97. The molecule has 1 nitrogen and oxygen atoms in total. The van der Waals surface area contributed by atoms with Crippen molar-refractivity contribution in [1.29, 1.82) is 0 Å². The van der Waals surface area contributed by atoms with Gasteiger partial charge in [0.2, 0.25) is 6.71 Å². The van der Waals surface area contributed by atoms with Crippen LogP contribution < -0.4 is 21.3 Å². The van der Waals surface area contributed by atoms with E-state index in [-0.39, 0.29) is 6.71 Å². The molecule has 172 valence electrons. The lowest BCUT2D eigenvalue weighted by molar-refractivity contribution is 1.13. The number of anilines is 1. The van der Waals surface area contributed by atoms with Gasteiger partial charge in [-0.1, -0.05) is 116 Å². The molecule has 4 aromatic carbocycles. The highest BCUT2D eigenvalue weighted by Crippen LogP contribution is 2.29. The van der Waals surface area contributed by atoms with Crippen LogP contribution in [0.25, 0.3) is 11.1 Å². The van der Waals surface area contributed by atoms with Crippen molar-refractivity contribution >= 4 is 28.8 Å². The van der Waals surface area contributed by atoms with E-state index in [2.05, 4.69) is 133 Å². The van der Waals surface area contributed by atoms with Crippen LogP contribution in [0.3, 0.4) is 0 Å². The van der Waals surface area contributed by atoms with Gasteiger partial charge in [-0.3, -0.25) is 0 Å². The topological polar surface area (TPSA) is 3.24 Å². The van der Waals surface area contributed by atoms with E-state index in [1.54, 1.807) is 0 Å². The minimum absolute atomic E-state index is 0.160. The molecule has 0 spiro atoms. The van der Waals surface area contributed by atoms with Crippen LogP contribution in [-0.2, 0) is 0 Å². The molecule has 0 heterocycles. The smallest absolute Gasteiger partial charge is 0.243 e. The van der Waals surface area contributed by atoms with E-state index in [1.807, 2.05) is 0 Å². The second kappa shape index (κ2) is 9.54. The van der Waals surface area contributed by atoms with Gasteiger partial charge >= 0.3 is 0 Å². The average Bonchev–Trinajstić information content (AvgIpc) is 2.76. The number of benzene rings is 4. The van der Waals surface area contributed by atoms with Gasteiger partial charge in [0.25, 0.3) is 0 Å². The lowest BCUT2D eigenvalue weighted by atomic mass is 9.33. The zero-order valence-corrected chi connectivity index (χ0v) is 22.0. The summed E-state index contributed by atoms with van der Waals surface area (Å²) in [5, 5.41) is 0. The minimum Gasteiger partial charge on any atom is -0.377 e. The summed E-state index contributed by atoms with van der Waals surface area (Å²) in [6.07, 6.45) is 0. The quantitative estimate of drug-likeness (QED) is 0.352. The Balaban J connectivity index is 2.10. The largest absolute Gasteiger partial charge is 0.377 e. The standard InChI is InChI=1S/C32H36BN/c1-21-17-23(3)31(24(4)18-21)33(32-25(5)19-22(2)20-26(32)6)29-15-11-9-13-27(29)28-14-10-12-16-30(28)34(7)8/h9-20H,1-8H3. The van der Waals surface area contributed by atoms with E-state index in [0.717, 1.165) is 0 Å². The maximum absolute atomic E-state index is 2.34. The summed E-state index contributed by atoms with van der Waals surface area (Å²) in [6.45, 7) is 13.7. The summed E-state index contributed by atoms with van der Waals surface area (Å²) in [5.41, 5.74) is 16.1. The van der Waals surface area contributed by atoms with Gasteiger partial charge in [0, 0.05) is 25.3 Å². The van der Waals surface area contributed by atoms with E-state index in [1.165, 1.54) is 66.6 Å². The molecule has 0 aliphatic carbocycles. The van der Waals surface area contributed by atoms with Crippen LogP contribution in [0.5, 0.6) is 0 Å². The van der Waals surface area contributed by atoms with Crippen LogP contribution in [0, 0.1) is 41.5 Å². The van der Waals surface area contributed by atoms with Crippen LogP contribution >= 0.6 is 0 Å². The van der Waals surface area contributed by atoms with Gasteiger partial charge in [-0.15, -0.1) is 0 Å². The first-order chi connectivity index (χ1) is 16.2. The summed E-state index contributed by atoms with van der Waals surface area (Å²) in [6, 6.07) is 27.1. The molecular weight excluding hydrogens is 409 g/mol. The third-order valence-electron chi connectivity index (χ3n) is 7.00. The lowest BCUT2D eigenvalue weighted by Crippen LogP contribution is -2.56. The fourth-order valence-electron chi connectivity index (χ4n) is 5.83. The molecule has 34 heavy (non-hydrogen) atoms. The molecule has 0 N–H and O–H groups in total. The third kappa shape index (κ3) is 4.42. The minimum atomic E-state index is 0.160. The van der Waals surface area contributed by atoms with Crippen molar-refractivity contribution in [2.45, 2.75) is 41.5 Å². The van der Waals surface area contributed by atoms with E-state index in [0.29, 0.717) is 0 Å². The average molecular weight is 445 g/mol. The highest BCUT2D eigenvalue weighted by atomic mass is 15.1. The molecule has 0 unspecified atom stereocenters. The Morgan fingerprint density at radius 3 is 1.41 bits per heavy atom. The Bertz CT molecular complexity index is 1250. The van der Waals surface area contributed by atoms with Crippen molar-refractivity contribution in [2.24, 2.45) is 0 Å². The van der Waals surface area contributed by atoms with Crippen LogP contribution in [0.15, 0.2) is 72.8 Å². The number of hydrogen-bond donors (Lipinski definition) is 0. The molecular formula is C32H36BN. The Morgan fingerprint density at radius 1 is 0.529 bits per heavy atom. The molecule has 0 bridgehead atoms. The summed E-state index contributed by atoms with van der Waals surface area (Å²) < 4.78 is 0. The van der Waals surface area contributed by atoms with Crippen molar-refractivity contribution in [3.8, 4) is 11.1 Å². The van der Waals surface area contributed by atoms with Gasteiger partial charge in [0.15, 0.2) is 0 Å². The van der Waals surface area contributed by atoms with Crippen molar-refractivity contribution in [3.05, 3.63) is 106 Å². The number of hydrogen-bond acceptors (Lipinski definition) is 1. The molecule has 0 atom stereocenters. The van der Waals surface area contributed by atoms with Gasteiger partial charge in [0.05, 0.1) is 0 Å². The maximum atomic E-state index is 2.34. The number of rotatable bonds is 5. The molecule has 0 radical (unpaired) electrons. The van der Waals surface area contributed by atoms with Crippen molar-refractivity contribution in [1.82, 2.24) is 0 Å². The van der Waals surface area contributed by atoms with E-state index in [4.69, 9.17) is 0 Å². The van der Waals surface area contributed by atoms with Crippen molar-refractivity contribution in [2.75, 3.05) is 19.0 Å². The first-order valence-electron chi connectivity index (χ1n) is 12.2. The molecule has 4 rings (SSSR count). The molecule has 0 amide bonds. The molecule has 0 saturated heterocycles. The lowest BCUT2D eigenvalue weighted by Gasteiger charge is -2.27. The first kappa shape index (κ1) is 23.9. The molecule has 2 heteroatoms. The second-order valence-corrected chi connectivity index (χ2v) is 10.1. The zero-order valence-electron chi connectivity index (χ0n) is 22.0. The first-order valence-corrected chi connectivity index (χ1v) is 12.2. The highest BCUT2D eigenvalue weighted by Gasteiger charge is 2.30. The Hall–Kier alpha value is -3.26. The molecule has 0 saturated carbocycles. The summed E-state index contributed by atoms with van der Waals surface area (Å²) in [5.74, 6) is 0. The van der Waals surface area contributed by atoms with E-state index < -0.39 is 0 Å². The Morgan fingerprint density at radius 2 is 0.941 bits per heavy atom. The third-order valence-corrected chi connectivity index (χ3v) is 7.00. The number of aryl methyl sites for hydroxylation is 6. The second-order valence-electron chi connectivity index (χ2n) is 10.1. The fourth-order valence-corrected chi connectivity index (χ4v) is 5.83. The van der Waals surface area contributed by atoms with Crippen LogP contribution in [-0.4, -0.2) is 20.8 Å². The van der Waals surface area contributed by atoms with Crippen molar-refractivity contribution < 1.29 is 0 Å². The molecule has 0 aliphatic heterocycles. The summed E-state index contributed by atoms with van der Waals surface area (Å²) in [4.78, 5) is 2.21. The summed E-state index contributed by atoms with van der Waals surface area (Å²) >= 11 is 0. The van der Waals surface area contributed by atoms with Gasteiger partial charge in [-0.2, -0.15) is 0 Å². The zero-order chi connectivity index (χ0) is 24.6. The van der Waals surface area contributed by atoms with Gasteiger partial charge in [-0.05, 0) is 53.2 Å². The molecule has 0 aromatic heterocycles. The van der Waals surface area contributed by atoms with E-state index >= 15 is 0 Å². The van der Waals surface area contributed by atoms with Crippen LogP contribution in [0.2, 0.25) is 0 Å². The monoisotopic (exact) mass is 445 g/mol. The molecule has 0 aliphatic rings. The Labute approximate surface area is 206 Å². The number of nitrogens with zero attached hydrogens (tertiary/aromatic N) is 1. The van der Waals surface area contributed by atoms with Gasteiger partial charge in [-0.25, -0.2) is 0 Å². The van der Waals surface area contributed by atoms with Crippen molar-refractivity contribution in [3.63, 3.8) is 0 Å². The SMILES string of the molecule is Cc1cc(C)c(B(c2ccccc2-c2ccccc2N(C)C)c2c(C)cc(C)cc2C)c(C)c1. The van der Waals surface area contributed by atoms with Gasteiger partial charge < -0.3 is 4.90 Å². The van der Waals surface area contributed by atoms with E-state index in [9.17, 15) is 0 Å². The predicted octanol–water partition coefficient (Wildman–Crippen LogP) is 5.79. The molecule has 4 aromatic rings. The van der Waals surface area contributed by atoms with Crippen LogP contribution in [0.4, 0.5) is 5.69 Å². The fraction of sp³-hybridized carbons (Fsp3) is 0.250. The summed E-state index contributed by atoms with van der Waals surface area (Å²) in [7, 11) is 4.25. The predicted molar refractivity (Wildman–Crippen MR) is 152 cm³/mol. The normalized spacial score (nSPS) is 10.9.